The quantitative estimate of drug-likeness (QED) is 0.673. The van der Waals surface area contributed by atoms with Gasteiger partial charge < -0.3 is 10.5 Å². The molecule has 0 atom stereocenters. The Balaban J connectivity index is 2.00. The van der Waals surface area contributed by atoms with Crippen LogP contribution in [0.3, 0.4) is 0 Å². The minimum Gasteiger partial charge on any atom is -0.450 e. The Bertz CT molecular complexity index is 730. The zero-order valence-corrected chi connectivity index (χ0v) is 11.6. The molecule has 3 heteroatoms. The molecule has 0 saturated carbocycles. The molecule has 0 fully saturated rings. The maximum Gasteiger partial charge on any atom is 0.253 e. The number of aryl methyl sites for hydroxylation is 1. The van der Waals surface area contributed by atoms with E-state index < -0.39 is 0 Å². The average Bonchev–Trinajstić information content (AvgIpc) is 2.40. The van der Waals surface area contributed by atoms with Gasteiger partial charge in [-0.05, 0) is 30.7 Å². The number of benzene rings is 2. The van der Waals surface area contributed by atoms with Crippen molar-refractivity contribution in [2.75, 3.05) is 5.73 Å². The van der Waals surface area contributed by atoms with Crippen LogP contribution in [0.2, 0.25) is 0 Å². The Morgan fingerprint density at radius 3 is 2.55 bits per heavy atom. The molecule has 3 rings (SSSR count). The summed E-state index contributed by atoms with van der Waals surface area (Å²) in [6.07, 6.45) is 4.08. The van der Waals surface area contributed by atoms with E-state index in [9.17, 15) is 0 Å². The molecule has 2 N–H and O–H groups in total. The number of rotatable bonds is 3. The lowest BCUT2D eigenvalue weighted by Crippen LogP contribution is -2.14. The number of nitrogens with two attached hydrogens (primary N) is 1. The van der Waals surface area contributed by atoms with Crippen molar-refractivity contribution in [2.24, 2.45) is 0 Å². The van der Waals surface area contributed by atoms with Gasteiger partial charge in [-0.1, -0.05) is 12.1 Å². The highest BCUT2D eigenvalue weighted by molar-refractivity contribution is 5.92. The van der Waals surface area contributed by atoms with Gasteiger partial charge in [0.25, 0.3) is 5.69 Å². The SMILES string of the molecule is CC1=[N+](c2ccc(N)cc2Oc2cccc(C)c2)C=C1. The van der Waals surface area contributed by atoms with Gasteiger partial charge in [-0.2, -0.15) is 4.58 Å². The zero-order valence-electron chi connectivity index (χ0n) is 11.6. The number of ether oxygens (including phenoxy) is 1. The van der Waals surface area contributed by atoms with E-state index >= 15 is 0 Å². The fraction of sp³-hybridized carbons (Fsp3) is 0.118. The Morgan fingerprint density at radius 1 is 1.05 bits per heavy atom. The van der Waals surface area contributed by atoms with E-state index in [0.29, 0.717) is 5.69 Å². The first-order chi connectivity index (χ1) is 9.63. The van der Waals surface area contributed by atoms with Crippen molar-refractivity contribution in [3.05, 3.63) is 60.3 Å². The van der Waals surface area contributed by atoms with Gasteiger partial charge in [0.05, 0.1) is 6.08 Å². The first-order valence-electron chi connectivity index (χ1n) is 6.58. The zero-order chi connectivity index (χ0) is 14.1. The Labute approximate surface area is 118 Å². The lowest BCUT2D eigenvalue weighted by Gasteiger charge is -2.12. The van der Waals surface area contributed by atoms with Crippen LogP contribution in [-0.2, 0) is 0 Å². The molecule has 0 aliphatic carbocycles. The second kappa shape index (κ2) is 4.85. The van der Waals surface area contributed by atoms with Gasteiger partial charge in [-0.15, -0.1) is 0 Å². The number of hydrogen-bond acceptors (Lipinski definition) is 2. The third kappa shape index (κ3) is 2.30. The summed E-state index contributed by atoms with van der Waals surface area (Å²) in [5.41, 5.74) is 9.93. The minimum absolute atomic E-state index is 0.693. The van der Waals surface area contributed by atoms with Crippen LogP contribution < -0.4 is 10.5 Å². The smallest absolute Gasteiger partial charge is 0.253 e. The summed E-state index contributed by atoms with van der Waals surface area (Å²) in [7, 11) is 0. The average molecular weight is 265 g/mol. The van der Waals surface area contributed by atoms with Gasteiger partial charge in [0.15, 0.2) is 11.9 Å². The molecule has 1 aliphatic heterocycles. The lowest BCUT2D eigenvalue weighted by atomic mass is 10.2. The third-order valence-electron chi connectivity index (χ3n) is 3.31. The van der Waals surface area contributed by atoms with Crippen LogP contribution in [-0.4, -0.2) is 10.3 Å². The predicted molar refractivity (Wildman–Crippen MR) is 81.8 cm³/mol. The van der Waals surface area contributed by atoms with Gasteiger partial charge in [-0.3, -0.25) is 0 Å². The summed E-state index contributed by atoms with van der Waals surface area (Å²) in [4.78, 5) is 0. The van der Waals surface area contributed by atoms with Crippen LogP contribution in [0.5, 0.6) is 11.5 Å². The van der Waals surface area contributed by atoms with Crippen LogP contribution in [0.25, 0.3) is 0 Å². The first-order valence-corrected chi connectivity index (χ1v) is 6.58. The van der Waals surface area contributed by atoms with E-state index in [1.165, 1.54) is 11.3 Å². The number of hydrogen-bond donors (Lipinski definition) is 1. The molecule has 0 unspecified atom stereocenters. The van der Waals surface area contributed by atoms with Gasteiger partial charge in [-0.25, -0.2) is 0 Å². The molecule has 20 heavy (non-hydrogen) atoms. The summed E-state index contributed by atoms with van der Waals surface area (Å²) >= 11 is 0. The van der Waals surface area contributed by atoms with Crippen molar-refractivity contribution in [1.29, 1.82) is 0 Å². The summed E-state index contributed by atoms with van der Waals surface area (Å²) < 4.78 is 8.10. The molecule has 3 nitrogen and oxygen atoms in total. The molecule has 2 aromatic rings. The predicted octanol–water partition coefficient (Wildman–Crippen LogP) is 4.00. The molecule has 0 radical (unpaired) electrons. The number of anilines is 1. The van der Waals surface area contributed by atoms with E-state index in [0.717, 1.165) is 17.2 Å². The summed E-state index contributed by atoms with van der Waals surface area (Å²) in [6, 6.07) is 13.7. The molecule has 0 amide bonds. The highest BCUT2D eigenvalue weighted by Crippen LogP contribution is 2.35. The van der Waals surface area contributed by atoms with E-state index in [4.69, 9.17) is 10.5 Å². The summed E-state index contributed by atoms with van der Waals surface area (Å²) in [6.45, 7) is 4.11. The molecule has 0 spiro atoms. The minimum atomic E-state index is 0.693. The number of nitrogen functional groups attached to an aromatic ring is 1. The van der Waals surface area contributed by atoms with E-state index in [2.05, 4.69) is 17.6 Å². The van der Waals surface area contributed by atoms with Crippen molar-refractivity contribution in [1.82, 2.24) is 0 Å². The highest BCUT2D eigenvalue weighted by atomic mass is 16.5. The van der Waals surface area contributed by atoms with Crippen LogP contribution >= 0.6 is 0 Å². The fourth-order valence-corrected chi connectivity index (χ4v) is 2.19. The molecule has 2 aromatic carbocycles. The molecule has 100 valence electrons. The van der Waals surface area contributed by atoms with Gasteiger partial charge in [0, 0.05) is 24.7 Å². The maximum atomic E-state index is 6.01. The van der Waals surface area contributed by atoms with Crippen molar-refractivity contribution in [3.8, 4) is 11.5 Å². The molecule has 1 heterocycles. The largest absolute Gasteiger partial charge is 0.450 e. The molecule has 1 aliphatic rings. The van der Waals surface area contributed by atoms with Crippen LogP contribution in [0.4, 0.5) is 11.4 Å². The first kappa shape index (κ1) is 12.5. The van der Waals surface area contributed by atoms with Crippen LogP contribution in [0.1, 0.15) is 12.5 Å². The second-order valence-electron chi connectivity index (χ2n) is 4.97. The van der Waals surface area contributed by atoms with Crippen LogP contribution in [0.15, 0.2) is 54.7 Å². The van der Waals surface area contributed by atoms with Gasteiger partial charge in [0.1, 0.15) is 5.75 Å². The molecule has 0 saturated heterocycles. The molecular weight excluding hydrogens is 248 g/mol. The second-order valence-corrected chi connectivity index (χ2v) is 4.97. The van der Waals surface area contributed by atoms with E-state index in [-0.39, 0.29) is 0 Å². The van der Waals surface area contributed by atoms with Gasteiger partial charge >= 0.3 is 0 Å². The van der Waals surface area contributed by atoms with Crippen molar-refractivity contribution in [3.63, 3.8) is 0 Å². The highest BCUT2D eigenvalue weighted by Gasteiger charge is 2.22. The van der Waals surface area contributed by atoms with Crippen molar-refractivity contribution < 1.29 is 9.31 Å². The standard InChI is InChI=1S/C17H17N2O/c1-12-4-3-5-15(10-12)20-17-11-14(18)6-7-16(17)19-9-8-13(19)2/h3-11H,18H2,1-2H3/q+1. The number of allylic oxidation sites excluding steroid dienone is 1. The molecular formula is C17H17N2O+. The van der Waals surface area contributed by atoms with Crippen LogP contribution in [0, 0.1) is 6.92 Å². The Morgan fingerprint density at radius 2 is 1.90 bits per heavy atom. The number of nitrogens with zero attached hydrogens (tertiary/aromatic N) is 1. The maximum absolute atomic E-state index is 6.01. The monoisotopic (exact) mass is 265 g/mol. The molecule has 0 aromatic heterocycles. The normalized spacial score (nSPS) is 13.3. The van der Waals surface area contributed by atoms with Gasteiger partial charge in [0.2, 0.25) is 5.75 Å². The summed E-state index contributed by atoms with van der Waals surface area (Å²) in [5.74, 6) is 1.58. The Kier molecular flexibility index (Phi) is 3.03. The fourth-order valence-electron chi connectivity index (χ4n) is 2.19. The summed E-state index contributed by atoms with van der Waals surface area (Å²) in [5, 5.41) is 0. The van der Waals surface area contributed by atoms with E-state index in [1.807, 2.05) is 55.6 Å². The Hall–Kier alpha value is -2.55. The van der Waals surface area contributed by atoms with Crippen molar-refractivity contribution >= 4 is 17.1 Å². The topological polar surface area (TPSA) is 38.3 Å². The molecule has 0 bridgehead atoms. The van der Waals surface area contributed by atoms with E-state index in [1.54, 1.807) is 0 Å². The third-order valence-corrected chi connectivity index (χ3v) is 3.31. The van der Waals surface area contributed by atoms with Crippen molar-refractivity contribution in [2.45, 2.75) is 13.8 Å². The lowest BCUT2D eigenvalue weighted by molar-refractivity contribution is -0.372.